The van der Waals surface area contributed by atoms with Crippen LogP contribution in [0.4, 0.5) is 17.1 Å². The molecule has 0 radical (unpaired) electrons. The molecular formula is C25H31N5O4. The second-order valence-electron chi connectivity index (χ2n) is 8.76. The molecule has 180 valence electrons. The first-order valence-electron chi connectivity index (χ1n) is 11.7. The highest BCUT2D eigenvalue weighted by Gasteiger charge is 2.25. The van der Waals surface area contributed by atoms with E-state index in [4.69, 9.17) is 15.2 Å². The summed E-state index contributed by atoms with van der Waals surface area (Å²) in [6.07, 6.45) is 3.48. The number of nitriles is 1. The van der Waals surface area contributed by atoms with Crippen molar-refractivity contribution < 1.29 is 19.9 Å². The topological polar surface area (TPSA) is 112 Å². The Morgan fingerprint density at radius 1 is 1.06 bits per heavy atom. The molecular weight excluding hydrogens is 434 g/mol. The maximum absolute atomic E-state index is 12.6. The number of carbonyl (C=O) groups excluding carboxylic acids is 1. The first-order valence-corrected chi connectivity index (χ1v) is 11.7. The average molecular weight is 466 g/mol. The third-order valence-electron chi connectivity index (χ3n) is 6.58. The molecule has 1 amide bonds. The maximum Gasteiger partial charge on any atom is 0.248 e. The molecule has 9 heteroatoms. The van der Waals surface area contributed by atoms with Gasteiger partial charge in [0.05, 0.1) is 23.0 Å². The van der Waals surface area contributed by atoms with Gasteiger partial charge in [-0.2, -0.15) is 5.26 Å². The largest absolute Gasteiger partial charge is 0.381 e. The van der Waals surface area contributed by atoms with Crippen LogP contribution in [0.25, 0.3) is 0 Å². The van der Waals surface area contributed by atoms with E-state index >= 15 is 0 Å². The molecule has 2 aromatic carbocycles. The van der Waals surface area contributed by atoms with Crippen molar-refractivity contribution in [3.63, 3.8) is 0 Å². The van der Waals surface area contributed by atoms with Crippen LogP contribution in [-0.4, -0.2) is 66.2 Å². The van der Waals surface area contributed by atoms with Gasteiger partial charge in [0, 0.05) is 37.9 Å². The van der Waals surface area contributed by atoms with Crippen molar-refractivity contribution in [2.45, 2.75) is 37.8 Å². The van der Waals surface area contributed by atoms with Gasteiger partial charge in [-0.05, 0) is 56.0 Å². The zero-order valence-corrected chi connectivity index (χ0v) is 19.1. The summed E-state index contributed by atoms with van der Waals surface area (Å²) in [5.74, 6) is 0.0496. The van der Waals surface area contributed by atoms with Gasteiger partial charge < -0.3 is 19.9 Å². The minimum atomic E-state index is -0.00234. The summed E-state index contributed by atoms with van der Waals surface area (Å²) in [4.78, 5) is 16.8. The standard InChI is InChI=1S/C25H31N5O4/c26-17-19-16-22(30(32)33)8-11-24(19)27-20-6-9-23(10-7-20)34-18-25(31)29-14-12-28(13-15-29)21-4-2-1-3-5-21/h1-5,8,11,16,20,23,27,32-33H,6-7,9-10,12-15,18H2. The Labute approximate surface area is 199 Å². The molecule has 2 fully saturated rings. The third kappa shape index (κ3) is 5.97. The van der Waals surface area contributed by atoms with E-state index in [0.29, 0.717) is 24.3 Å². The zero-order valence-electron chi connectivity index (χ0n) is 19.1. The van der Waals surface area contributed by atoms with Gasteiger partial charge in [0.25, 0.3) is 0 Å². The Kier molecular flexibility index (Phi) is 7.85. The average Bonchev–Trinajstić information content (AvgIpc) is 2.88. The zero-order chi connectivity index (χ0) is 23.9. The van der Waals surface area contributed by atoms with Crippen molar-refractivity contribution in [3.8, 4) is 6.07 Å². The summed E-state index contributed by atoms with van der Waals surface area (Å²) < 4.78 is 5.95. The van der Waals surface area contributed by atoms with Gasteiger partial charge in [0.15, 0.2) is 0 Å². The van der Waals surface area contributed by atoms with Crippen molar-refractivity contribution in [1.82, 2.24) is 4.90 Å². The lowest BCUT2D eigenvalue weighted by molar-refractivity contribution is -0.139. The van der Waals surface area contributed by atoms with E-state index in [2.05, 4.69) is 28.4 Å². The van der Waals surface area contributed by atoms with Crippen molar-refractivity contribution in [2.75, 3.05) is 48.2 Å². The van der Waals surface area contributed by atoms with Gasteiger partial charge in [0.2, 0.25) is 5.91 Å². The molecule has 1 saturated heterocycles. The van der Waals surface area contributed by atoms with Crippen LogP contribution < -0.4 is 15.4 Å². The van der Waals surface area contributed by atoms with Gasteiger partial charge in [-0.25, -0.2) is 0 Å². The van der Waals surface area contributed by atoms with Gasteiger partial charge >= 0.3 is 0 Å². The van der Waals surface area contributed by atoms with Crippen molar-refractivity contribution in [2.24, 2.45) is 0 Å². The van der Waals surface area contributed by atoms with Crippen molar-refractivity contribution in [1.29, 1.82) is 5.26 Å². The minimum absolute atomic E-state index is 0.00234. The third-order valence-corrected chi connectivity index (χ3v) is 6.58. The number of nitrogens with one attached hydrogen (secondary N) is 1. The quantitative estimate of drug-likeness (QED) is 0.535. The lowest BCUT2D eigenvalue weighted by Crippen LogP contribution is -2.50. The highest BCUT2D eigenvalue weighted by molar-refractivity contribution is 5.77. The van der Waals surface area contributed by atoms with Crippen LogP contribution >= 0.6 is 0 Å². The molecule has 0 unspecified atom stereocenters. The molecule has 34 heavy (non-hydrogen) atoms. The Morgan fingerprint density at radius 2 is 1.76 bits per heavy atom. The highest BCUT2D eigenvalue weighted by Crippen LogP contribution is 2.27. The molecule has 0 bridgehead atoms. The number of hydrogen-bond acceptors (Lipinski definition) is 8. The fourth-order valence-electron chi connectivity index (χ4n) is 4.60. The Balaban J connectivity index is 1.18. The van der Waals surface area contributed by atoms with Gasteiger partial charge in [-0.3, -0.25) is 15.2 Å². The monoisotopic (exact) mass is 465 g/mol. The number of hydrogen-bond donors (Lipinski definition) is 3. The summed E-state index contributed by atoms with van der Waals surface area (Å²) >= 11 is 0. The number of rotatable bonds is 7. The first kappa shape index (κ1) is 23.8. The van der Waals surface area contributed by atoms with E-state index in [1.54, 1.807) is 6.07 Å². The van der Waals surface area contributed by atoms with Crippen LogP contribution in [0.2, 0.25) is 0 Å². The molecule has 0 aromatic heterocycles. The number of nitrogens with zero attached hydrogens (tertiary/aromatic N) is 4. The Hall–Kier alpha value is -3.32. The predicted octanol–water partition coefficient (Wildman–Crippen LogP) is 3.23. The SMILES string of the molecule is N#Cc1cc(N(O)O)ccc1NC1CCC(OCC(=O)N2CCN(c3ccccc3)CC2)CC1. The van der Waals surface area contributed by atoms with E-state index in [9.17, 15) is 10.1 Å². The smallest absolute Gasteiger partial charge is 0.248 e. The molecule has 9 nitrogen and oxygen atoms in total. The van der Waals surface area contributed by atoms with E-state index < -0.39 is 0 Å². The number of piperazine rings is 1. The number of ether oxygens (including phenoxy) is 1. The molecule has 3 N–H and O–H groups in total. The van der Waals surface area contributed by atoms with E-state index in [-0.39, 0.29) is 35.6 Å². The Morgan fingerprint density at radius 3 is 2.41 bits per heavy atom. The summed E-state index contributed by atoms with van der Waals surface area (Å²) in [5, 5.41) is 31.0. The van der Waals surface area contributed by atoms with E-state index in [1.807, 2.05) is 23.1 Å². The van der Waals surface area contributed by atoms with Crippen LogP contribution in [0.15, 0.2) is 48.5 Å². The predicted molar refractivity (Wildman–Crippen MR) is 128 cm³/mol. The number of para-hydroxylation sites is 1. The van der Waals surface area contributed by atoms with Gasteiger partial charge in [-0.1, -0.05) is 18.2 Å². The molecule has 2 aliphatic rings. The second-order valence-corrected chi connectivity index (χ2v) is 8.76. The van der Waals surface area contributed by atoms with Crippen LogP contribution in [0, 0.1) is 11.3 Å². The van der Waals surface area contributed by atoms with Gasteiger partial charge in [0.1, 0.15) is 12.7 Å². The van der Waals surface area contributed by atoms with Crippen molar-refractivity contribution in [3.05, 3.63) is 54.1 Å². The summed E-state index contributed by atoms with van der Waals surface area (Å²) in [6.45, 7) is 3.18. The van der Waals surface area contributed by atoms with Crippen LogP contribution in [0.3, 0.4) is 0 Å². The van der Waals surface area contributed by atoms with Crippen LogP contribution in [0.5, 0.6) is 0 Å². The fraction of sp³-hybridized carbons (Fsp3) is 0.440. The minimum Gasteiger partial charge on any atom is -0.381 e. The number of amides is 1. The molecule has 1 aliphatic carbocycles. The van der Waals surface area contributed by atoms with E-state index in [0.717, 1.165) is 38.8 Å². The van der Waals surface area contributed by atoms with E-state index in [1.165, 1.54) is 17.8 Å². The highest BCUT2D eigenvalue weighted by atomic mass is 16.8. The molecule has 4 rings (SSSR count). The van der Waals surface area contributed by atoms with Crippen LogP contribution in [-0.2, 0) is 9.53 Å². The molecule has 1 heterocycles. The summed E-state index contributed by atoms with van der Waals surface area (Å²) in [6, 6.07) is 17.2. The summed E-state index contributed by atoms with van der Waals surface area (Å²) in [5.41, 5.74) is 2.34. The molecule has 0 spiro atoms. The lowest BCUT2D eigenvalue weighted by Gasteiger charge is -2.36. The lowest BCUT2D eigenvalue weighted by atomic mass is 9.92. The van der Waals surface area contributed by atoms with Crippen molar-refractivity contribution >= 4 is 23.0 Å². The van der Waals surface area contributed by atoms with Gasteiger partial charge in [-0.15, -0.1) is 5.23 Å². The van der Waals surface area contributed by atoms with Crippen LogP contribution in [0.1, 0.15) is 31.2 Å². The summed E-state index contributed by atoms with van der Waals surface area (Å²) in [7, 11) is 0. The normalized spacial score (nSPS) is 20.5. The number of carbonyl (C=O) groups is 1. The number of anilines is 3. The Bertz CT molecular complexity index is 994. The fourth-order valence-corrected chi connectivity index (χ4v) is 4.60. The number of benzene rings is 2. The maximum atomic E-state index is 12.6. The molecule has 1 aliphatic heterocycles. The molecule has 1 saturated carbocycles. The molecule has 2 aromatic rings. The molecule has 0 atom stereocenters. The second kappa shape index (κ2) is 11.2. The first-order chi connectivity index (χ1) is 16.5.